The summed E-state index contributed by atoms with van der Waals surface area (Å²) in [4.78, 5) is 37.6. The Kier molecular flexibility index (Phi) is 6.41. The number of benzene rings is 1. The molecule has 0 aliphatic heterocycles. The van der Waals surface area contributed by atoms with Gasteiger partial charge in [0.05, 0.1) is 12.6 Å². The summed E-state index contributed by atoms with van der Waals surface area (Å²) in [6.07, 6.45) is 4.83. The van der Waals surface area contributed by atoms with Gasteiger partial charge >= 0.3 is 0 Å². The number of ketones is 1. The SMILES string of the molecule is CNC(=O)c1cc(C(=O)CC[C@@H]2CCC[C@@H]2O)cn(Cc2ccccc2)c1=O. The fourth-order valence-corrected chi connectivity index (χ4v) is 3.80. The van der Waals surface area contributed by atoms with Crippen molar-refractivity contribution in [3.05, 3.63) is 69.6 Å². The van der Waals surface area contributed by atoms with Gasteiger partial charge in [-0.05, 0) is 36.8 Å². The Bertz CT molecular complexity index is 904. The van der Waals surface area contributed by atoms with Crippen LogP contribution in [0.5, 0.6) is 0 Å². The van der Waals surface area contributed by atoms with E-state index in [4.69, 9.17) is 0 Å². The minimum Gasteiger partial charge on any atom is -0.393 e. The summed E-state index contributed by atoms with van der Waals surface area (Å²) in [5.74, 6) is -0.476. The van der Waals surface area contributed by atoms with Gasteiger partial charge in [0.2, 0.25) is 0 Å². The van der Waals surface area contributed by atoms with Crippen LogP contribution in [0.25, 0.3) is 0 Å². The lowest BCUT2D eigenvalue weighted by atomic mass is 9.96. The van der Waals surface area contributed by atoms with Crippen molar-refractivity contribution in [2.45, 2.75) is 44.8 Å². The zero-order valence-electron chi connectivity index (χ0n) is 16.1. The molecule has 2 aromatic rings. The first-order chi connectivity index (χ1) is 13.5. The molecular weight excluding hydrogens is 356 g/mol. The molecule has 1 aromatic heterocycles. The highest BCUT2D eigenvalue weighted by Crippen LogP contribution is 2.29. The second-order valence-electron chi connectivity index (χ2n) is 7.36. The maximum atomic E-state index is 12.8. The van der Waals surface area contributed by atoms with Crippen LogP contribution >= 0.6 is 0 Å². The zero-order valence-corrected chi connectivity index (χ0v) is 16.1. The third kappa shape index (κ3) is 4.57. The van der Waals surface area contributed by atoms with Gasteiger partial charge in [-0.25, -0.2) is 0 Å². The molecule has 0 bridgehead atoms. The molecule has 1 fully saturated rings. The molecule has 1 amide bonds. The number of nitrogens with one attached hydrogen (secondary N) is 1. The minimum absolute atomic E-state index is 0.0369. The van der Waals surface area contributed by atoms with Crippen molar-refractivity contribution in [3.8, 4) is 0 Å². The predicted octanol–water partition coefficient (Wildman–Crippen LogP) is 2.38. The van der Waals surface area contributed by atoms with Gasteiger partial charge in [-0.2, -0.15) is 0 Å². The molecule has 2 atom stereocenters. The Labute approximate surface area is 164 Å². The first-order valence-corrected chi connectivity index (χ1v) is 9.71. The first kappa shape index (κ1) is 20.0. The zero-order chi connectivity index (χ0) is 20.1. The third-order valence-corrected chi connectivity index (χ3v) is 5.44. The summed E-state index contributed by atoms with van der Waals surface area (Å²) in [5.41, 5.74) is 0.795. The van der Waals surface area contributed by atoms with Gasteiger partial charge in [-0.1, -0.05) is 36.8 Å². The molecule has 1 aromatic carbocycles. The summed E-state index contributed by atoms with van der Waals surface area (Å²) in [6, 6.07) is 10.8. The number of pyridine rings is 1. The van der Waals surface area contributed by atoms with E-state index in [1.807, 2.05) is 30.3 Å². The average Bonchev–Trinajstić information content (AvgIpc) is 3.12. The number of rotatable bonds is 7. The van der Waals surface area contributed by atoms with E-state index < -0.39 is 11.5 Å². The minimum atomic E-state index is -0.507. The lowest BCUT2D eigenvalue weighted by Gasteiger charge is -2.14. The van der Waals surface area contributed by atoms with Gasteiger partial charge in [-0.15, -0.1) is 0 Å². The van der Waals surface area contributed by atoms with E-state index in [9.17, 15) is 19.5 Å². The standard InChI is InChI=1S/C22H26N2O4/c1-23-21(27)18-12-17(20(26)11-10-16-8-5-9-19(16)25)14-24(22(18)28)13-15-6-3-2-4-7-15/h2-4,6-7,12,14,16,19,25H,5,8-11,13H2,1H3,(H,23,27)/t16-,19-/m0/s1. The molecular formula is C22H26N2O4. The van der Waals surface area contributed by atoms with Crippen LogP contribution in [0.4, 0.5) is 0 Å². The molecule has 1 heterocycles. The van der Waals surface area contributed by atoms with Crippen molar-refractivity contribution in [1.82, 2.24) is 9.88 Å². The van der Waals surface area contributed by atoms with Crippen molar-refractivity contribution in [2.75, 3.05) is 7.05 Å². The highest BCUT2D eigenvalue weighted by Gasteiger charge is 2.26. The van der Waals surface area contributed by atoms with Crippen molar-refractivity contribution in [3.63, 3.8) is 0 Å². The molecule has 28 heavy (non-hydrogen) atoms. The number of hydrogen-bond acceptors (Lipinski definition) is 4. The fourth-order valence-electron chi connectivity index (χ4n) is 3.80. The number of aliphatic hydroxyl groups is 1. The van der Waals surface area contributed by atoms with E-state index in [0.717, 1.165) is 24.8 Å². The maximum absolute atomic E-state index is 12.8. The molecule has 1 saturated carbocycles. The summed E-state index contributed by atoms with van der Waals surface area (Å²) in [6.45, 7) is 0.284. The summed E-state index contributed by atoms with van der Waals surface area (Å²) in [7, 11) is 1.46. The van der Waals surface area contributed by atoms with Crippen LogP contribution in [0.2, 0.25) is 0 Å². The van der Waals surface area contributed by atoms with Crippen molar-refractivity contribution in [1.29, 1.82) is 0 Å². The number of carbonyl (C=O) groups is 2. The summed E-state index contributed by atoms with van der Waals surface area (Å²) in [5, 5.41) is 12.4. The van der Waals surface area contributed by atoms with Crippen LogP contribution in [0.15, 0.2) is 47.4 Å². The second-order valence-corrected chi connectivity index (χ2v) is 7.36. The highest BCUT2D eigenvalue weighted by molar-refractivity contribution is 6.00. The number of carbonyl (C=O) groups excluding carboxylic acids is 2. The van der Waals surface area contributed by atoms with Crippen LogP contribution in [0.1, 0.15) is 58.4 Å². The van der Waals surface area contributed by atoms with Crippen LogP contribution in [0.3, 0.4) is 0 Å². The molecule has 2 N–H and O–H groups in total. The second kappa shape index (κ2) is 8.97. The Morgan fingerprint density at radius 2 is 1.96 bits per heavy atom. The molecule has 1 aliphatic rings. The van der Waals surface area contributed by atoms with E-state index in [1.165, 1.54) is 23.9 Å². The van der Waals surface area contributed by atoms with E-state index in [2.05, 4.69) is 5.32 Å². The van der Waals surface area contributed by atoms with Gasteiger partial charge in [0, 0.05) is 25.2 Å². The lowest BCUT2D eigenvalue weighted by Crippen LogP contribution is -2.32. The quantitative estimate of drug-likeness (QED) is 0.720. The number of aliphatic hydroxyl groups excluding tert-OH is 1. The Morgan fingerprint density at radius 3 is 2.61 bits per heavy atom. The van der Waals surface area contributed by atoms with Crippen LogP contribution < -0.4 is 10.9 Å². The number of hydrogen-bond donors (Lipinski definition) is 2. The summed E-state index contributed by atoms with van der Waals surface area (Å²) < 4.78 is 1.41. The van der Waals surface area contributed by atoms with E-state index >= 15 is 0 Å². The van der Waals surface area contributed by atoms with Gasteiger partial charge in [0.25, 0.3) is 11.5 Å². The Hall–Kier alpha value is -2.73. The third-order valence-electron chi connectivity index (χ3n) is 5.44. The molecule has 0 saturated heterocycles. The molecule has 0 radical (unpaired) electrons. The first-order valence-electron chi connectivity index (χ1n) is 9.71. The van der Waals surface area contributed by atoms with Gasteiger partial charge in [-0.3, -0.25) is 14.4 Å². The van der Waals surface area contributed by atoms with E-state index in [-0.39, 0.29) is 29.9 Å². The number of Topliss-reactive ketones (excluding diaryl/α,β-unsaturated/α-hetero) is 1. The van der Waals surface area contributed by atoms with Gasteiger partial charge in [0.1, 0.15) is 5.56 Å². The lowest BCUT2D eigenvalue weighted by molar-refractivity contribution is 0.0938. The maximum Gasteiger partial charge on any atom is 0.263 e. The smallest absolute Gasteiger partial charge is 0.263 e. The van der Waals surface area contributed by atoms with Crippen molar-refractivity contribution >= 4 is 11.7 Å². The normalized spacial score (nSPS) is 18.8. The number of nitrogens with zero attached hydrogens (tertiary/aromatic N) is 1. The number of aromatic nitrogens is 1. The molecule has 3 rings (SSSR count). The van der Waals surface area contributed by atoms with Crippen molar-refractivity contribution in [2.24, 2.45) is 5.92 Å². The molecule has 1 aliphatic carbocycles. The van der Waals surface area contributed by atoms with Crippen LogP contribution in [-0.2, 0) is 6.54 Å². The van der Waals surface area contributed by atoms with Crippen LogP contribution in [-0.4, -0.2) is 34.5 Å². The van der Waals surface area contributed by atoms with Gasteiger partial charge in [0.15, 0.2) is 5.78 Å². The van der Waals surface area contributed by atoms with Gasteiger partial charge < -0.3 is 15.0 Å². The molecule has 6 heteroatoms. The van der Waals surface area contributed by atoms with E-state index in [1.54, 1.807) is 0 Å². The highest BCUT2D eigenvalue weighted by atomic mass is 16.3. The largest absolute Gasteiger partial charge is 0.393 e. The fraction of sp³-hybridized carbons (Fsp3) is 0.409. The topological polar surface area (TPSA) is 88.4 Å². The molecule has 148 valence electrons. The van der Waals surface area contributed by atoms with Crippen molar-refractivity contribution < 1.29 is 14.7 Å². The molecule has 0 spiro atoms. The predicted molar refractivity (Wildman–Crippen MR) is 107 cm³/mol. The Morgan fingerprint density at radius 1 is 1.21 bits per heavy atom. The summed E-state index contributed by atoms with van der Waals surface area (Å²) >= 11 is 0. The monoisotopic (exact) mass is 382 g/mol. The Balaban J connectivity index is 1.87. The van der Waals surface area contributed by atoms with Crippen LogP contribution in [0, 0.1) is 5.92 Å². The molecule has 0 unspecified atom stereocenters. The van der Waals surface area contributed by atoms with E-state index in [0.29, 0.717) is 18.4 Å². The number of amides is 1. The average molecular weight is 382 g/mol. The molecule has 6 nitrogen and oxygen atoms in total.